The summed E-state index contributed by atoms with van der Waals surface area (Å²) in [7, 11) is 3.09. The number of ketones is 1. The molecule has 3 rings (SSSR count). The van der Waals surface area contributed by atoms with Crippen molar-refractivity contribution in [3.05, 3.63) is 64.2 Å². The quantitative estimate of drug-likeness (QED) is 0.212. The number of carbonyl (C=O) groups excluding carboxylic acids is 2. The fraction of sp³-hybridized carbons (Fsp3) is 0.429. The molecule has 1 atom stereocenters. The Kier molecular flexibility index (Phi) is 8.93. The molecule has 2 aromatic carbocycles. The van der Waals surface area contributed by atoms with Crippen LogP contribution in [0.15, 0.2) is 42.0 Å². The van der Waals surface area contributed by atoms with Crippen molar-refractivity contribution < 1.29 is 28.9 Å². The molecular formula is C28H35NO6. The number of ether oxygens (including phenoxy) is 3. The van der Waals surface area contributed by atoms with Crippen molar-refractivity contribution in [2.75, 3.05) is 34.0 Å². The summed E-state index contributed by atoms with van der Waals surface area (Å²) < 4.78 is 16.7. The molecule has 2 aromatic rings. The highest BCUT2D eigenvalue weighted by Gasteiger charge is 2.46. The Morgan fingerprint density at radius 3 is 2.46 bits per heavy atom. The molecule has 1 aliphatic heterocycles. The van der Waals surface area contributed by atoms with Crippen molar-refractivity contribution in [1.82, 2.24) is 4.90 Å². The monoisotopic (exact) mass is 481 g/mol. The maximum absolute atomic E-state index is 13.2. The van der Waals surface area contributed by atoms with Gasteiger partial charge in [-0.05, 0) is 49.6 Å². The Morgan fingerprint density at radius 2 is 1.77 bits per heavy atom. The van der Waals surface area contributed by atoms with Crippen LogP contribution in [0.2, 0.25) is 0 Å². The second-order valence-corrected chi connectivity index (χ2v) is 8.77. The summed E-state index contributed by atoms with van der Waals surface area (Å²) in [6, 6.07) is 10.2. The minimum Gasteiger partial charge on any atom is -0.507 e. The van der Waals surface area contributed by atoms with Crippen molar-refractivity contribution in [1.29, 1.82) is 0 Å². The summed E-state index contributed by atoms with van der Waals surface area (Å²) in [6.45, 7) is 6.93. The first kappa shape index (κ1) is 26.3. The fourth-order valence-corrected chi connectivity index (χ4v) is 4.29. The Bertz CT molecular complexity index is 1110. The first-order chi connectivity index (χ1) is 16.8. The summed E-state index contributed by atoms with van der Waals surface area (Å²) in [5, 5.41) is 11.3. The molecule has 0 saturated carbocycles. The molecule has 0 aromatic heterocycles. The van der Waals surface area contributed by atoms with Gasteiger partial charge < -0.3 is 24.2 Å². The second kappa shape index (κ2) is 11.9. The summed E-state index contributed by atoms with van der Waals surface area (Å²) >= 11 is 0. The van der Waals surface area contributed by atoms with Gasteiger partial charge in [-0.1, -0.05) is 43.5 Å². The Morgan fingerprint density at radius 1 is 1.00 bits per heavy atom. The summed E-state index contributed by atoms with van der Waals surface area (Å²) in [5.74, 6) is -0.478. The number of aliphatic hydroxyl groups is 1. The Balaban J connectivity index is 2.10. The smallest absolute Gasteiger partial charge is 0.295 e. The molecule has 7 nitrogen and oxygen atoms in total. The minimum absolute atomic E-state index is 0.0541. The number of Topliss-reactive ketones (excluding diaryl/α,β-unsaturated/α-hetero) is 1. The number of rotatable bonds is 11. The van der Waals surface area contributed by atoms with Gasteiger partial charge in [0.2, 0.25) is 0 Å². The van der Waals surface area contributed by atoms with E-state index in [4.69, 9.17) is 14.2 Å². The predicted molar refractivity (Wildman–Crippen MR) is 135 cm³/mol. The molecule has 0 bridgehead atoms. The SMILES string of the molecule is CCCCCOc1ccc(C2/C(=C(\O)c3cc(C)ccc3C)C(=O)C(=O)N2CCOC)cc1OC. The molecule has 1 N–H and O–H groups in total. The number of amides is 1. The van der Waals surface area contributed by atoms with Crippen LogP contribution in [0.1, 0.15) is 54.5 Å². The van der Waals surface area contributed by atoms with Gasteiger partial charge in [0.25, 0.3) is 11.7 Å². The van der Waals surface area contributed by atoms with Gasteiger partial charge in [0.05, 0.1) is 31.9 Å². The molecular weight excluding hydrogens is 446 g/mol. The number of nitrogens with zero attached hydrogens (tertiary/aromatic N) is 1. The van der Waals surface area contributed by atoms with Gasteiger partial charge in [0.1, 0.15) is 5.76 Å². The van der Waals surface area contributed by atoms with Gasteiger partial charge in [-0.2, -0.15) is 0 Å². The highest BCUT2D eigenvalue weighted by molar-refractivity contribution is 6.46. The summed E-state index contributed by atoms with van der Waals surface area (Å²) in [4.78, 5) is 27.7. The number of methoxy groups -OCH3 is 2. The average Bonchev–Trinajstić information content (AvgIpc) is 3.11. The van der Waals surface area contributed by atoms with Gasteiger partial charge >= 0.3 is 0 Å². The van der Waals surface area contributed by atoms with E-state index in [-0.39, 0.29) is 24.5 Å². The van der Waals surface area contributed by atoms with Crippen LogP contribution in [0.3, 0.4) is 0 Å². The van der Waals surface area contributed by atoms with E-state index in [9.17, 15) is 14.7 Å². The molecule has 188 valence electrons. The zero-order valence-electron chi connectivity index (χ0n) is 21.2. The van der Waals surface area contributed by atoms with Crippen molar-refractivity contribution in [2.45, 2.75) is 46.1 Å². The van der Waals surface area contributed by atoms with E-state index in [1.807, 2.05) is 38.1 Å². The summed E-state index contributed by atoms with van der Waals surface area (Å²) in [6.07, 6.45) is 3.11. The zero-order valence-corrected chi connectivity index (χ0v) is 21.2. The third-order valence-electron chi connectivity index (χ3n) is 6.23. The molecule has 1 saturated heterocycles. The molecule has 1 amide bonds. The molecule has 1 unspecified atom stereocenters. The van der Waals surface area contributed by atoms with E-state index < -0.39 is 17.7 Å². The number of unbranched alkanes of at least 4 members (excludes halogenated alkanes) is 2. The predicted octanol–water partition coefficient (Wildman–Crippen LogP) is 4.95. The Hall–Kier alpha value is -3.32. The van der Waals surface area contributed by atoms with Crippen LogP contribution in [-0.4, -0.2) is 55.7 Å². The lowest BCUT2D eigenvalue weighted by molar-refractivity contribution is -0.140. The minimum atomic E-state index is -0.784. The molecule has 1 fully saturated rings. The Labute approximate surface area is 207 Å². The molecule has 0 radical (unpaired) electrons. The average molecular weight is 482 g/mol. The molecule has 7 heteroatoms. The number of aliphatic hydroxyl groups excluding tert-OH is 1. The third kappa shape index (κ3) is 5.68. The largest absolute Gasteiger partial charge is 0.507 e. The number of likely N-dealkylation sites (tertiary alicyclic amines) is 1. The standard InChI is InChI=1S/C28H35NO6/c1-6-7-8-14-35-22-12-11-20(17-23(22)34-5)25-24(27(31)28(32)29(25)13-15-33-4)26(30)21-16-18(2)9-10-19(21)3/h9-12,16-17,25,30H,6-8,13-15H2,1-5H3/b26-24+. The fourth-order valence-electron chi connectivity index (χ4n) is 4.29. The maximum Gasteiger partial charge on any atom is 0.295 e. The molecule has 0 spiro atoms. The van der Waals surface area contributed by atoms with Gasteiger partial charge in [-0.25, -0.2) is 0 Å². The second-order valence-electron chi connectivity index (χ2n) is 8.77. The number of carbonyl (C=O) groups is 2. The van der Waals surface area contributed by atoms with Crippen molar-refractivity contribution >= 4 is 17.4 Å². The van der Waals surface area contributed by atoms with Gasteiger partial charge in [-0.15, -0.1) is 0 Å². The summed E-state index contributed by atoms with van der Waals surface area (Å²) in [5.41, 5.74) is 2.97. The molecule has 1 aliphatic rings. The van der Waals surface area contributed by atoms with E-state index in [1.54, 1.807) is 19.2 Å². The first-order valence-electron chi connectivity index (χ1n) is 12.0. The first-order valence-corrected chi connectivity index (χ1v) is 12.0. The van der Waals surface area contributed by atoms with Crippen molar-refractivity contribution in [3.8, 4) is 11.5 Å². The lowest BCUT2D eigenvalue weighted by atomic mass is 9.93. The van der Waals surface area contributed by atoms with E-state index in [0.717, 1.165) is 30.4 Å². The lowest BCUT2D eigenvalue weighted by Crippen LogP contribution is -2.32. The topological polar surface area (TPSA) is 85.3 Å². The van der Waals surface area contributed by atoms with Crippen LogP contribution in [0, 0.1) is 13.8 Å². The van der Waals surface area contributed by atoms with Gasteiger partial charge in [0, 0.05) is 19.2 Å². The van der Waals surface area contributed by atoms with E-state index in [2.05, 4.69) is 6.92 Å². The number of aryl methyl sites for hydroxylation is 2. The van der Waals surface area contributed by atoms with Gasteiger partial charge in [0.15, 0.2) is 11.5 Å². The normalized spacial score (nSPS) is 17.2. The van der Waals surface area contributed by atoms with E-state index in [0.29, 0.717) is 29.2 Å². The lowest BCUT2D eigenvalue weighted by Gasteiger charge is -2.26. The van der Waals surface area contributed by atoms with Crippen LogP contribution in [-0.2, 0) is 14.3 Å². The number of hydrogen-bond acceptors (Lipinski definition) is 6. The van der Waals surface area contributed by atoms with Crippen LogP contribution >= 0.6 is 0 Å². The van der Waals surface area contributed by atoms with E-state index in [1.165, 1.54) is 12.0 Å². The molecule has 35 heavy (non-hydrogen) atoms. The maximum atomic E-state index is 13.2. The van der Waals surface area contributed by atoms with E-state index >= 15 is 0 Å². The van der Waals surface area contributed by atoms with Crippen LogP contribution < -0.4 is 9.47 Å². The van der Waals surface area contributed by atoms with Crippen LogP contribution in [0.4, 0.5) is 0 Å². The van der Waals surface area contributed by atoms with Crippen LogP contribution in [0.5, 0.6) is 11.5 Å². The number of benzene rings is 2. The van der Waals surface area contributed by atoms with Gasteiger partial charge in [-0.3, -0.25) is 9.59 Å². The highest BCUT2D eigenvalue weighted by atomic mass is 16.5. The number of hydrogen-bond donors (Lipinski definition) is 1. The zero-order chi connectivity index (χ0) is 25.5. The van der Waals surface area contributed by atoms with Crippen LogP contribution in [0.25, 0.3) is 5.76 Å². The molecule has 1 heterocycles. The third-order valence-corrected chi connectivity index (χ3v) is 6.23. The highest BCUT2D eigenvalue weighted by Crippen LogP contribution is 2.42. The molecule has 0 aliphatic carbocycles. The van der Waals surface area contributed by atoms with Crippen molar-refractivity contribution in [3.63, 3.8) is 0 Å². The van der Waals surface area contributed by atoms with Crippen molar-refractivity contribution in [2.24, 2.45) is 0 Å².